The molecule has 5 rings (SSSR count). The fourth-order valence-corrected chi connectivity index (χ4v) is 4.67. The van der Waals surface area contributed by atoms with E-state index in [2.05, 4.69) is 0 Å². The zero-order valence-electron chi connectivity index (χ0n) is 17.9. The number of ether oxygens (including phenoxy) is 1. The minimum Gasteiger partial charge on any atom is -0.467 e. The summed E-state index contributed by atoms with van der Waals surface area (Å²) in [6.07, 6.45) is 1.23. The van der Waals surface area contributed by atoms with Gasteiger partial charge in [-0.1, -0.05) is 37.3 Å². The molecule has 3 aromatic carbocycles. The van der Waals surface area contributed by atoms with E-state index in [0.717, 1.165) is 17.5 Å². The number of urea groups is 1. The Balaban J connectivity index is 1.66. The van der Waals surface area contributed by atoms with Crippen molar-refractivity contribution in [2.45, 2.75) is 38.5 Å². The van der Waals surface area contributed by atoms with Gasteiger partial charge in [0.25, 0.3) is 5.91 Å². The first-order chi connectivity index (χ1) is 15.4. The van der Waals surface area contributed by atoms with Crippen molar-refractivity contribution in [1.29, 1.82) is 0 Å². The van der Waals surface area contributed by atoms with Crippen molar-refractivity contribution in [2.75, 3.05) is 4.90 Å². The first-order valence-corrected chi connectivity index (χ1v) is 10.7. The lowest BCUT2D eigenvalue weighted by Crippen LogP contribution is -2.67. The van der Waals surface area contributed by atoms with Crippen molar-refractivity contribution >= 4 is 17.6 Å². The number of carbonyl (C=O) groups is 2. The summed E-state index contributed by atoms with van der Waals surface area (Å²) in [7, 11) is 0. The van der Waals surface area contributed by atoms with Crippen molar-refractivity contribution in [3.8, 4) is 5.75 Å². The molecule has 2 atom stereocenters. The minimum absolute atomic E-state index is 0.259. The summed E-state index contributed by atoms with van der Waals surface area (Å²) in [5.74, 6) is -0.254. The molecule has 0 N–H and O–H groups in total. The lowest BCUT2D eigenvalue weighted by atomic mass is 9.88. The monoisotopic (exact) mass is 430 g/mol. The number of amides is 3. The van der Waals surface area contributed by atoms with E-state index < -0.39 is 29.5 Å². The maximum Gasteiger partial charge on any atom is 0.335 e. The van der Waals surface area contributed by atoms with Crippen LogP contribution in [-0.2, 0) is 6.42 Å². The van der Waals surface area contributed by atoms with Crippen molar-refractivity contribution < 1.29 is 18.7 Å². The Labute approximate surface area is 186 Å². The standard InChI is InChI=1S/C26H23FN2O3/c1-3-17-7-6-8-20(15-17)29-25(31)28(24(30)18-11-13-19(27)14-12-18)22-16-26(29,2)32-23-10-5-4-9-21(22)23/h4-15,22H,3,16H2,1-2H3. The second kappa shape index (κ2) is 7.48. The third-order valence-electron chi connectivity index (χ3n) is 6.25. The summed E-state index contributed by atoms with van der Waals surface area (Å²) in [6.45, 7) is 3.93. The second-order valence-electron chi connectivity index (χ2n) is 8.36. The Morgan fingerprint density at radius 2 is 1.84 bits per heavy atom. The number of carbonyl (C=O) groups excluding carboxylic acids is 2. The average molecular weight is 430 g/mol. The van der Waals surface area contributed by atoms with Gasteiger partial charge in [0.2, 0.25) is 0 Å². The minimum atomic E-state index is -0.956. The molecule has 2 bridgehead atoms. The first kappa shape index (κ1) is 20.2. The van der Waals surface area contributed by atoms with E-state index >= 15 is 0 Å². The van der Waals surface area contributed by atoms with Crippen molar-refractivity contribution in [3.63, 3.8) is 0 Å². The zero-order chi connectivity index (χ0) is 22.5. The van der Waals surface area contributed by atoms with Crippen LogP contribution in [0.25, 0.3) is 0 Å². The summed E-state index contributed by atoms with van der Waals surface area (Å²) in [6, 6.07) is 19.5. The van der Waals surface area contributed by atoms with E-state index in [9.17, 15) is 14.0 Å². The fraction of sp³-hybridized carbons (Fsp3) is 0.231. The number of hydrogen-bond donors (Lipinski definition) is 0. The molecule has 2 heterocycles. The average Bonchev–Trinajstić information content (AvgIpc) is 2.79. The molecule has 0 saturated carbocycles. The summed E-state index contributed by atoms with van der Waals surface area (Å²) >= 11 is 0. The van der Waals surface area contributed by atoms with Crippen LogP contribution in [0.15, 0.2) is 72.8 Å². The smallest absolute Gasteiger partial charge is 0.335 e. The van der Waals surface area contributed by atoms with Crippen LogP contribution in [-0.4, -0.2) is 22.6 Å². The van der Waals surface area contributed by atoms with Crippen molar-refractivity contribution in [2.24, 2.45) is 0 Å². The topological polar surface area (TPSA) is 49.9 Å². The number of fused-ring (bicyclic) bond motifs is 4. The molecule has 1 saturated heterocycles. The maximum atomic E-state index is 13.9. The third-order valence-corrected chi connectivity index (χ3v) is 6.25. The van der Waals surface area contributed by atoms with Crippen molar-refractivity contribution in [3.05, 3.63) is 95.3 Å². The number of anilines is 1. The van der Waals surface area contributed by atoms with Gasteiger partial charge in [-0.2, -0.15) is 0 Å². The van der Waals surface area contributed by atoms with E-state index in [1.54, 1.807) is 4.90 Å². The van der Waals surface area contributed by atoms with Crippen LogP contribution in [0.2, 0.25) is 0 Å². The normalized spacial score (nSPS) is 21.7. The Bertz CT molecular complexity index is 1210. The van der Waals surface area contributed by atoms with E-state index in [1.807, 2.05) is 62.4 Å². The highest BCUT2D eigenvalue weighted by molar-refractivity contribution is 6.10. The number of para-hydroxylation sites is 1. The summed E-state index contributed by atoms with van der Waals surface area (Å²) in [5.41, 5.74) is 1.84. The Hall–Kier alpha value is -3.67. The largest absolute Gasteiger partial charge is 0.467 e. The van der Waals surface area contributed by atoms with E-state index in [1.165, 1.54) is 29.2 Å². The number of hydrogen-bond acceptors (Lipinski definition) is 3. The number of nitrogens with zero attached hydrogens (tertiary/aromatic N) is 2. The molecular formula is C26H23FN2O3. The van der Waals surface area contributed by atoms with Crippen molar-refractivity contribution in [1.82, 2.24) is 4.90 Å². The fourth-order valence-electron chi connectivity index (χ4n) is 4.67. The maximum absolute atomic E-state index is 13.9. The molecule has 3 aromatic rings. The molecule has 1 fully saturated rings. The number of benzene rings is 3. The highest BCUT2D eigenvalue weighted by Gasteiger charge is 2.55. The molecule has 5 nitrogen and oxygen atoms in total. The first-order valence-electron chi connectivity index (χ1n) is 10.7. The molecule has 0 aromatic heterocycles. The van der Waals surface area contributed by atoms with Crippen LogP contribution < -0.4 is 9.64 Å². The van der Waals surface area contributed by atoms with Crippen LogP contribution in [0.5, 0.6) is 5.75 Å². The molecule has 162 valence electrons. The molecule has 0 aliphatic carbocycles. The zero-order valence-corrected chi connectivity index (χ0v) is 17.9. The summed E-state index contributed by atoms with van der Waals surface area (Å²) < 4.78 is 19.8. The molecule has 32 heavy (non-hydrogen) atoms. The Morgan fingerprint density at radius 1 is 1.09 bits per heavy atom. The highest BCUT2D eigenvalue weighted by atomic mass is 19.1. The number of rotatable bonds is 3. The van der Waals surface area contributed by atoms with Gasteiger partial charge in [-0.3, -0.25) is 14.6 Å². The van der Waals surface area contributed by atoms with Crippen LogP contribution in [0.4, 0.5) is 14.9 Å². The Morgan fingerprint density at radius 3 is 2.59 bits per heavy atom. The van der Waals surface area contributed by atoms with Gasteiger partial charge in [0, 0.05) is 23.2 Å². The molecule has 0 spiro atoms. The molecule has 6 heteroatoms. The predicted octanol–water partition coefficient (Wildman–Crippen LogP) is 5.71. The predicted molar refractivity (Wildman–Crippen MR) is 119 cm³/mol. The van der Waals surface area contributed by atoms with Gasteiger partial charge in [-0.15, -0.1) is 0 Å². The van der Waals surface area contributed by atoms with E-state index in [0.29, 0.717) is 17.9 Å². The van der Waals surface area contributed by atoms with E-state index in [4.69, 9.17) is 4.74 Å². The summed E-state index contributed by atoms with van der Waals surface area (Å²) in [4.78, 5) is 30.3. The van der Waals surface area contributed by atoms with Crippen LogP contribution in [0.3, 0.4) is 0 Å². The van der Waals surface area contributed by atoms with E-state index in [-0.39, 0.29) is 5.56 Å². The lowest BCUT2D eigenvalue weighted by Gasteiger charge is -2.53. The van der Waals surface area contributed by atoms with Gasteiger partial charge in [-0.25, -0.2) is 9.18 Å². The number of aryl methyl sites for hydroxylation is 1. The van der Waals surface area contributed by atoms with Gasteiger partial charge in [-0.05, 0) is 61.4 Å². The summed E-state index contributed by atoms with van der Waals surface area (Å²) in [5, 5.41) is 0. The molecule has 2 unspecified atom stereocenters. The molecule has 2 aliphatic rings. The Kier molecular flexibility index (Phi) is 4.73. The van der Waals surface area contributed by atoms with Crippen LogP contribution in [0, 0.1) is 5.82 Å². The number of halogens is 1. The second-order valence-corrected chi connectivity index (χ2v) is 8.36. The SMILES string of the molecule is CCc1cccc(N2C(=O)N(C(=O)c3ccc(F)cc3)C3CC2(C)Oc2ccccc23)c1. The molecule has 2 aliphatic heterocycles. The van der Waals surface area contributed by atoms with Crippen LogP contribution in [0.1, 0.15) is 47.8 Å². The van der Waals surface area contributed by atoms with Crippen LogP contribution >= 0.6 is 0 Å². The van der Waals surface area contributed by atoms with Gasteiger partial charge in [0.1, 0.15) is 11.6 Å². The molecule has 0 radical (unpaired) electrons. The third kappa shape index (κ3) is 3.14. The van der Waals surface area contributed by atoms with Gasteiger partial charge in [0.15, 0.2) is 5.72 Å². The molecule has 3 amide bonds. The number of imide groups is 1. The van der Waals surface area contributed by atoms with Gasteiger partial charge >= 0.3 is 6.03 Å². The quantitative estimate of drug-likeness (QED) is 0.535. The van der Waals surface area contributed by atoms with Gasteiger partial charge in [0.05, 0.1) is 6.04 Å². The molecular weight excluding hydrogens is 407 g/mol. The lowest BCUT2D eigenvalue weighted by molar-refractivity contribution is 0.00268. The highest BCUT2D eigenvalue weighted by Crippen LogP contribution is 2.49. The van der Waals surface area contributed by atoms with Gasteiger partial charge < -0.3 is 4.74 Å².